The number of likely N-dealkylation sites (tertiary alicyclic amines) is 1. The lowest BCUT2D eigenvalue weighted by Gasteiger charge is -2.16. The van der Waals surface area contributed by atoms with Gasteiger partial charge in [0, 0.05) is 36.9 Å². The highest BCUT2D eigenvalue weighted by atomic mass is 35.5. The van der Waals surface area contributed by atoms with Gasteiger partial charge in [0.05, 0.1) is 16.6 Å². The van der Waals surface area contributed by atoms with E-state index in [9.17, 15) is 9.59 Å². The molecule has 2 amide bonds. The maximum atomic E-state index is 12.4. The molecule has 1 aliphatic rings. The molecule has 1 saturated heterocycles. The zero-order valence-electron chi connectivity index (χ0n) is 12.7. The SMILES string of the molecule is O=C(Nc1cc(Cl)ccc1Cl)C1CC(=O)N(Cc2ccncc2)C1. The van der Waals surface area contributed by atoms with Crippen LogP contribution in [-0.2, 0) is 16.1 Å². The normalized spacial score (nSPS) is 17.2. The van der Waals surface area contributed by atoms with Crippen LogP contribution in [0.4, 0.5) is 5.69 Å². The summed E-state index contributed by atoms with van der Waals surface area (Å²) in [5.74, 6) is -0.678. The molecule has 0 bridgehead atoms. The van der Waals surface area contributed by atoms with Crippen LogP contribution in [0.25, 0.3) is 0 Å². The number of aromatic nitrogens is 1. The minimum atomic E-state index is -0.408. The van der Waals surface area contributed by atoms with E-state index >= 15 is 0 Å². The minimum Gasteiger partial charge on any atom is -0.338 e. The Labute approximate surface area is 149 Å². The van der Waals surface area contributed by atoms with Crippen LogP contribution in [-0.4, -0.2) is 28.2 Å². The van der Waals surface area contributed by atoms with Crippen molar-refractivity contribution in [2.45, 2.75) is 13.0 Å². The zero-order valence-corrected chi connectivity index (χ0v) is 14.2. The lowest BCUT2D eigenvalue weighted by atomic mass is 10.1. The fraction of sp³-hybridized carbons (Fsp3) is 0.235. The molecule has 1 aromatic carbocycles. The Morgan fingerprint density at radius 1 is 1.25 bits per heavy atom. The Kier molecular flexibility index (Phi) is 5.02. The molecule has 1 unspecified atom stereocenters. The van der Waals surface area contributed by atoms with E-state index in [4.69, 9.17) is 23.2 Å². The number of carbonyl (C=O) groups excluding carboxylic acids is 2. The molecular formula is C17H15Cl2N3O2. The summed E-state index contributed by atoms with van der Waals surface area (Å²) in [4.78, 5) is 30.2. The summed E-state index contributed by atoms with van der Waals surface area (Å²) in [6, 6.07) is 8.57. The number of anilines is 1. The largest absolute Gasteiger partial charge is 0.338 e. The highest BCUT2D eigenvalue weighted by Gasteiger charge is 2.34. The molecule has 0 spiro atoms. The van der Waals surface area contributed by atoms with Crippen molar-refractivity contribution in [3.05, 3.63) is 58.3 Å². The Morgan fingerprint density at radius 2 is 2.00 bits per heavy atom. The van der Waals surface area contributed by atoms with Crippen molar-refractivity contribution >= 4 is 40.7 Å². The van der Waals surface area contributed by atoms with Gasteiger partial charge in [-0.3, -0.25) is 14.6 Å². The summed E-state index contributed by atoms with van der Waals surface area (Å²) >= 11 is 12.0. The lowest BCUT2D eigenvalue weighted by Crippen LogP contribution is -2.28. The van der Waals surface area contributed by atoms with Gasteiger partial charge in [-0.2, -0.15) is 0 Å². The first-order valence-corrected chi connectivity index (χ1v) is 8.21. The van der Waals surface area contributed by atoms with Crippen LogP contribution in [0.2, 0.25) is 10.0 Å². The Bertz CT molecular complexity index is 768. The monoisotopic (exact) mass is 363 g/mol. The quantitative estimate of drug-likeness (QED) is 0.905. The summed E-state index contributed by atoms with van der Waals surface area (Å²) in [5, 5.41) is 3.64. The molecule has 5 nitrogen and oxygen atoms in total. The van der Waals surface area contributed by atoms with Gasteiger partial charge in [-0.15, -0.1) is 0 Å². The number of benzene rings is 1. The smallest absolute Gasteiger partial charge is 0.229 e. The molecular weight excluding hydrogens is 349 g/mol. The summed E-state index contributed by atoms with van der Waals surface area (Å²) in [5.41, 5.74) is 1.44. The van der Waals surface area contributed by atoms with Gasteiger partial charge in [-0.25, -0.2) is 0 Å². The molecule has 2 aromatic rings. The molecule has 24 heavy (non-hydrogen) atoms. The number of hydrogen-bond donors (Lipinski definition) is 1. The van der Waals surface area contributed by atoms with Crippen molar-refractivity contribution in [1.29, 1.82) is 0 Å². The molecule has 7 heteroatoms. The van der Waals surface area contributed by atoms with Gasteiger partial charge in [-0.1, -0.05) is 23.2 Å². The fourth-order valence-corrected chi connectivity index (χ4v) is 2.97. The van der Waals surface area contributed by atoms with Gasteiger partial charge in [0.2, 0.25) is 11.8 Å². The third-order valence-corrected chi connectivity index (χ3v) is 4.46. The summed E-state index contributed by atoms with van der Waals surface area (Å²) < 4.78 is 0. The van der Waals surface area contributed by atoms with Gasteiger partial charge in [-0.05, 0) is 35.9 Å². The van der Waals surface area contributed by atoms with Crippen molar-refractivity contribution in [3.63, 3.8) is 0 Å². The van der Waals surface area contributed by atoms with Crippen LogP contribution >= 0.6 is 23.2 Å². The van der Waals surface area contributed by atoms with Crippen molar-refractivity contribution < 1.29 is 9.59 Å². The Hall–Kier alpha value is -2.11. The van der Waals surface area contributed by atoms with E-state index in [1.54, 1.807) is 35.5 Å². The number of rotatable bonds is 4. The second kappa shape index (κ2) is 7.20. The van der Waals surface area contributed by atoms with Crippen LogP contribution in [0.15, 0.2) is 42.7 Å². The Balaban J connectivity index is 1.64. The summed E-state index contributed by atoms with van der Waals surface area (Å²) in [6.07, 6.45) is 3.55. The number of halogens is 2. The van der Waals surface area contributed by atoms with Crippen LogP contribution in [0.1, 0.15) is 12.0 Å². The molecule has 124 valence electrons. The first kappa shape index (κ1) is 16.7. The molecule has 0 radical (unpaired) electrons. The summed E-state index contributed by atoms with van der Waals surface area (Å²) in [6.45, 7) is 0.855. The fourth-order valence-electron chi connectivity index (χ4n) is 2.64. The molecule has 1 fully saturated rings. The first-order valence-electron chi connectivity index (χ1n) is 7.45. The maximum absolute atomic E-state index is 12.4. The van der Waals surface area contributed by atoms with Gasteiger partial charge >= 0.3 is 0 Å². The molecule has 1 N–H and O–H groups in total. The minimum absolute atomic E-state index is 0.0378. The van der Waals surface area contributed by atoms with Gasteiger partial charge in [0.25, 0.3) is 0 Å². The lowest BCUT2D eigenvalue weighted by molar-refractivity contribution is -0.128. The predicted molar refractivity (Wildman–Crippen MR) is 92.9 cm³/mol. The third kappa shape index (κ3) is 3.86. The van der Waals surface area contributed by atoms with Crippen molar-refractivity contribution in [2.24, 2.45) is 5.92 Å². The average molecular weight is 364 g/mol. The maximum Gasteiger partial charge on any atom is 0.229 e. The number of amides is 2. The van der Waals surface area contributed by atoms with E-state index in [1.165, 1.54) is 0 Å². The zero-order chi connectivity index (χ0) is 17.1. The molecule has 1 atom stereocenters. The van der Waals surface area contributed by atoms with Crippen molar-refractivity contribution in [2.75, 3.05) is 11.9 Å². The van der Waals surface area contributed by atoms with E-state index in [1.807, 2.05) is 12.1 Å². The van der Waals surface area contributed by atoms with Crippen molar-refractivity contribution in [1.82, 2.24) is 9.88 Å². The molecule has 0 aliphatic carbocycles. The second-order valence-corrected chi connectivity index (χ2v) is 6.49. The van der Waals surface area contributed by atoms with Gasteiger partial charge < -0.3 is 10.2 Å². The average Bonchev–Trinajstić information content (AvgIpc) is 2.93. The standard InChI is InChI=1S/C17H15Cl2N3O2/c18-13-1-2-14(19)15(8-13)21-17(24)12-7-16(23)22(10-12)9-11-3-5-20-6-4-11/h1-6,8,12H,7,9-10H2,(H,21,24). The summed E-state index contributed by atoms with van der Waals surface area (Å²) in [7, 11) is 0. The molecule has 1 aromatic heterocycles. The van der Waals surface area contributed by atoms with Crippen LogP contribution in [0, 0.1) is 5.92 Å². The van der Waals surface area contributed by atoms with E-state index < -0.39 is 5.92 Å². The number of nitrogens with one attached hydrogen (secondary N) is 1. The molecule has 0 saturated carbocycles. The molecule has 1 aliphatic heterocycles. The van der Waals surface area contributed by atoms with E-state index in [2.05, 4.69) is 10.3 Å². The van der Waals surface area contributed by atoms with Crippen LogP contribution in [0.3, 0.4) is 0 Å². The second-order valence-electron chi connectivity index (χ2n) is 5.64. The number of pyridine rings is 1. The molecule has 3 rings (SSSR count). The topological polar surface area (TPSA) is 62.3 Å². The Morgan fingerprint density at radius 3 is 2.75 bits per heavy atom. The van der Waals surface area contributed by atoms with Crippen LogP contribution < -0.4 is 5.32 Å². The number of nitrogens with zero attached hydrogens (tertiary/aromatic N) is 2. The third-order valence-electron chi connectivity index (χ3n) is 3.89. The van der Waals surface area contributed by atoms with Crippen LogP contribution in [0.5, 0.6) is 0 Å². The number of hydrogen-bond acceptors (Lipinski definition) is 3. The van der Waals surface area contributed by atoms with Crippen molar-refractivity contribution in [3.8, 4) is 0 Å². The highest BCUT2D eigenvalue weighted by molar-refractivity contribution is 6.35. The van der Waals surface area contributed by atoms with E-state index in [0.717, 1.165) is 5.56 Å². The highest BCUT2D eigenvalue weighted by Crippen LogP contribution is 2.27. The van der Waals surface area contributed by atoms with E-state index in [0.29, 0.717) is 28.8 Å². The number of carbonyl (C=O) groups is 2. The van der Waals surface area contributed by atoms with Gasteiger partial charge in [0.1, 0.15) is 0 Å². The van der Waals surface area contributed by atoms with E-state index in [-0.39, 0.29) is 18.2 Å². The van der Waals surface area contributed by atoms with Gasteiger partial charge in [0.15, 0.2) is 0 Å². The molecule has 2 heterocycles. The first-order chi connectivity index (χ1) is 11.5. The predicted octanol–water partition coefficient (Wildman–Crippen LogP) is 3.38.